The number of carbonyl (C=O) groups excluding carboxylic acids is 1. The molecule has 0 aliphatic carbocycles. The van der Waals surface area contributed by atoms with E-state index in [-0.39, 0.29) is 5.91 Å². The van der Waals surface area contributed by atoms with Gasteiger partial charge in [0.05, 0.1) is 19.2 Å². The highest BCUT2D eigenvalue weighted by molar-refractivity contribution is 6.30. The van der Waals surface area contributed by atoms with Gasteiger partial charge < -0.3 is 14.8 Å². The maximum absolute atomic E-state index is 12.5. The summed E-state index contributed by atoms with van der Waals surface area (Å²) in [4.78, 5) is 12.5. The zero-order chi connectivity index (χ0) is 17.6. The molecule has 0 aliphatic heterocycles. The molecule has 4 nitrogen and oxygen atoms in total. The number of rotatable bonds is 6. The number of amides is 1. The van der Waals surface area contributed by atoms with Crippen molar-refractivity contribution < 1.29 is 14.3 Å². The summed E-state index contributed by atoms with van der Waals surface area (Å²) in [6.07, 6.45) is 0. The molecular formula is C20H18ClNO3. The number of fused-ring (bicyclic) bond motifs is 1. The van der Waals surface area contributed by atoms with Crippen molar-refractivity contribution >= 4 is 28.3 Å². The normalized spacial score (nSPS) is 10.5. The molecule has 0 atom stereocenters. The predicted molar refractivity (Wildman–Crippen MR) is 99.8 cm³/mol. The fourth-order valence-corrected chi connectivity index (χ4v) is 2.65. The Hall–Kier alpha value is -2.72. The van der Waals surface area contributed by atoms with Gasteiger partial charge in [0.25, 0.3) is 5.91 Å². The van der Waals surface area contributed by atoms with Crippen LogP contribution in [0.5, 0.6) is 11.5 Å². The smallest absolute Gasteiger partial charge is 0.255 e. The minimum absolute atomic E-state index is 0.192. The fraction of sp³-hybridized carbons (Fsp3) is 0.150. The first-order valence-electron chi connectivity index (χ1n) is 7.91. The van der Waals surface area contributed by atoms with Crippen LogP contribution in [0.4, 0.5) is 0 Å². The van der Waals surface area contributed by atoms with Crippen molar-refractivity contribution in [3.8, 4) is 11.5 Å². The second kappa shape index (κ2) is 7.90. The largest absolute Gasteiger partial charge is 0.496 e. The number of nitrogens with one attached hydrogen (secondary N) is 1. The number of hydrogen-bond acceptors (Lipinski definition) is 3. The van der Waals surface area contributed by atoms with Gasteiger partial charge in [0, 0.05) is 5.02 Å². The van der Waals surface area contributed by atoms with E-state index in [4.69, 9.17) is 21.1 Å². The van der Waals surface area contributed by atoms with Crippen molar-refractivity contribution in [3.63, 3.8) is 0 Å². The Morgan fingerprint density at radius 2 is 1.72 bits per heavy atom. The standard InChI is InChI=1S/C20H18ClNO3/c1-24-19-13-15-5-3-2-4-14(15)12-18(19)20(23)22-10-11-25-17-8-6-16(21)7-9-17/h2-9,12-13H,10-11H2,1H3,(H,22,23). The van der Waals surface area contributed by atoms with Gasteiger partial charge in [0.1, 0.15) is 18.1 Å². The number of benzene rings is 3. The van der Waals surface area contributed by atoms with Crippen LogP contribution in [0.1, 0.15) is 10.4 Å². The first-order chi connectivity index (χ1) is 12.2. The molecule has 0 aliphatic rings. The zero-order valence-corrected chi connectivity index (χ0v) is 14.5. The van der Waals surface area contributed by atoms with Gasteiger partial charge in [0.2, 0.25) is 0 Å². The molecule has 3 aromatic carbocycles. The number of hydrogen-bond donors (Lipinski definition) is 1. The summed E-state index contributed by atoms with van der Waals surface area (Å²) in [5, 5.41) is 5.53. The average Bonchev–Trinajstić information content (AvgIpc) is 2.65. The Kier molecular flexibility index (Phi) is 5.41. The number of ether oxygens (including phenoxy) is 2. The van der Waals surface area contributed by atoms with Gasteiger partial charge in [-0.05, 0) is 47.2 Å². The van der Waals surface area contributed by atoms with E-state index in [1.165, 1.54) is 0 Å². The van der Waals surface area contributed by atoms with E-state index in [1.54, 1.807) is 31.4 Å². The molecule has 0 saturated heterocycles. The van der Waals surface area contributed by atoms with Crippen LogP contribution in [-0.4, -0.2) is 26.2 Å². The minimum atomic E-state index is -0.192. The lowest BCUT2D eigenvalue weighted by atomic mass is 10.1. The summed E-state index contributed by atoms with van der Waals surface area (Å²) in [5.41, 5.74) is 0.507. The molecule has 128 valence electrons. The van der Waals surface area contributed by atoms with Crippen molar-refractivity contribution in [2.24, 2.45) is 0 Å². The van der Waals surface area contributed by atoms with Crippen molar-refractivity contribution in [2.45, 2.75) is 0 Å². The van der Waals surface area contributed by atoms with Crippen LogP contribution in [0, 0.1) is 0 Å². The average molecular weight is 356 g/mol. The Morgan fingerprint density at radius 3 is 2.40 bits per heavy atom. The summed E-state index contributed by atoms with van der Waals surface area (Å²) in [7, 11) is 1.56. The lowest BCUT2D eigenvalue weighted by molar-refractivity contribution is 0.0944. The fourth-order valence-electron chi connectivity index (χ4n) is 2.53. The Bertz CT molecular complexity index is 878. The maximum atomic E-state index is 12.5. The monoisotopic (exact) mass is 355 g/mol. The molecule has 0 heterocycles. The maximum Gasteiger partial charge on any atom is 0.255 e. The summed E-state index contributed by atoms with van der Waals surface area (Å²) < 4.78 is 10.9. The first kappa shape index (κ1) is 17.1. The lowest BCUT2D eigenvalue weighted by Crippen LogP contribution is -2.28. The van der Waals surface area contributed by atoms with Crippen LogP contribution in [-0.2, 0) is 0 Å². The van der Waals surface area contributed by atoms with Crippen molar-refractivity contribution in [1.29, 1.82) is 0 Å². The molecule has 0 bridgehead atoms. The lowest BCUT2D eigenvalue weighted by Gasteiger charge is -2.11. The van der Waals surface area contributed by atoms with Crippen LogP contribution >= 0.6 is 11.6 Å². The highest BCUT2D eigenvalue weighted by atomic mass is 35.5. The molecule has 1 N–H and O–H groups in total. The van der Waals surface area contributed by atoms with Gasteiger partial charge in [-0.25, -0.2) is 0 Å². The molecule has 0 aromatic heterocycles. The second-order valence-corrected chi connectivity index (χ2v) is 5.89. The zero-order valence-electron chi connectivity index (χ0n) is 13.8. The van der Waals surface area contributed by atoms with E-state index in [0.717, 1.165) is 10.8 Å². The van der Waals surface area contributed by atoms with E-state index in [1.807, 2.05) is 36.4 Å². The van der Waals surface area contributed by atoms with Gasteiger partial charge in [-0.2, -0.15) is 0 Å². The summed E-state index contributed by atoms with van der Waals surface area (Å²) in [6.45, 7) is 0.751. The van der Waals surface area contributed by atoms with Gasteiger partial charge in [-0.3, -0.25) is 4.79 Å². The third-order valence-electron chi connectivity index (χ3n) is 3.78. The summed E-state index contributed by atoms with van der Waals surface area (Å²) in [6, 6.07) is 18.6. The van der Waals surface area contributed by atoms with Gasteiger partial charge in [0.15, 0.2) is 0 Å². The van der Waals surface area contributed by atoms with Crippen LogP contribution in [0.25, 0.3) is 10.8 Å². The van der Waals surface area contributed by atoms with Gasteiger partial charge in [-0.1, -0.05) is 35.9 Å². The van der Waals surface area contributed by atoms with E-state index in [2.05, 4.69) is 5.32 Å². The quantitative estimate of drug-likeness (QED) is 0.670. The van der Waals surface area contributed by atoms with E-state index >= 15 is 0 Å². The molecule has 3 aromatic rings. The second-order valence-electron chi connectivity index (χ2n) is 5.46. The number of halogens is 1. The van der Waals surface area contributed by atoms with Gasteiger partial charge >= 0.3 is 0 Å². The molecule has 0 fully saturated rings. The first-order valence-corrected chi connectivity index (χ1v) is 8.28. The molecular weight excluding hydrogens is 338 g/mol. The highest BCUT2D eigenvalue weighted by Crippen LogP contribution is 2.25. The summed E-state index contributed by atoms with van der Waals surface area (Å²) in [5.74, 6) is 1.07. The molecule has 0 spiro atoms. The van der Waals surface area contributed by atoms with Crippen molar-refractivity contribution in [1.82, 2.24) is 5.32 Å². The minimum Gasteiger partial charge on any atom is -0.496 e. The van der Waals surface area contributed by atoms with Crippen molar-refractivity contribution in [2.75, 3.05) is 20.3 Å². The van der Waals surface area contributed by atoms with E-state index < -0.39 is 0 Å². The molecule has 25 heavy (non-hydrogen) atoms. The van der Waals surface area contributed by atoms with Crippen LogP contribution in [0.15, 0.2) is 60.7 Å². The number of carbonyl (C=O) groups is 1. The van der Waals surface area contributed by atoms with E-state index in [9.17, 15) is 4.79 Å². The van der Waals surface area contributed by atoms with Crippen LogP contribution in [0.3, 0.4) is 0 Å². The van der Waals surface area contributed by atoms with E-state index in [0.29, 0.717) is 35.2 Å². The number of methoxy groups -OCH3 is 1. The van der Waals surface area contributed by atoms with Gasteiger partial charge in [-0.15, -0.1) is 0 Å². The van der Waals surface area contributed by atoms with Crippen LogP contribution < -0.4 is 14.8 Å². The van der Waals surface area contributed by atoms with Crippen LogP contribution in [0.2, 0.25) is 5.02 Å². The third kappa shape index (κ3) is 4.22. The highest BCUT2D eigenvalue weighted by Gasteiger charge is 2.13. The van der Waals surface area contributed by atoms with Crippen molar-refractivity contribution in [3.05, 3.63) is 71.2 Å². The molecule has 5 heteroatoms. The molecule has 1 amide bonds. The third-order valence-corrected chi connectivity index (χ3v) is 4.03. The molecule has 0 radical (unpaired) electrons. The molecule has 3 rings (SSSR count). The SMILES string of the molecule is COc1cc2ccccc2cc1C(=O)NCCOc1ccc(Cl)cc1. The summed E-state index contributed by atoms with van der Waals surface area (Å²) >= 11 is 5.83. The Labute approximate surface area is 151 Å². The molecule has 0 unspecified atom stereocenters. The predicted octanol–water partition coefficient (Wildman–Crippen LogP) is 4.31. The Morgan fingerprint density at radius 1 is 1.04 bits per heavy atom. The Balaban J connectivity index is 1.62. The topological polar surface area (TPSA) is 47.6 Å². The molecule has 0 saturated carbocycles.